The monoisotopic (exact) mass is 546 g/mol. The van der Waals surface area contributed by atoms with E-state index in [4.69, 9.17) is 4.74 Å². The summed E-state index contributed by atoms with van der Waals surface area (Å²) in [5, 5.41) is 10.3. The highest BCUT2D eigenvalue weighted by Gasteiger charge is 2.58. The summed E-state index contributed by atoms with van der Waals surface area (Å²) in [5.41, 5.74) is 4.41. The molecule has 0 radical (unpaired) electrons. The molecule has 5 nitrogen and oxygen atoms in total. The van der Waals surface area contributed by atoms with E-state index in [2.05, 4.69) is 9.88 Å². The normalized spacial score (nSPS) is 22.2. The molecule has 1 aliphatic heterocycles. The standard InChI is InChI=1S/C33H36F2N2O3/c1-18-11-28(34)21(17-40-30-14-20-12-26-31(19(2)38)32(26)27(20)16-36-30)13-25(18)24-6-5-23(15-29(24)35)37-9-7-22(8-10-37)33(3,4)39/h5-6,11,13-16,22,26,31-32,39H,7-10,12,17H2,1-4H3/t26-,31-,32+/m0/s1. The molecule has 210 valence electrons. The van der Waals surface area contributed by atoms with Crippen molar-refractivity contribution in [2.75, 3.05) is 18.0 Å². The number of pyridine rings is 1. The van der Waals surface area contributed by atoms with Crippen LogP contribution in [0.1, 0.15) is 61.8 Å². The van der Waals surface area contributed by atoms with E-state index in [0.717, 1.165) is 49.2 Å². The summed E-state index contributed by atoms with van der Waals surface area (Å²) in [6, 6.07) is 10.2. The number of Topliss-reactive ketones (excluding diaryl/α,β-unsaturated/α-hetero) is 1. The van der Waals surface area contributed by atoms with Crippen LogP contribution in [0.25, 0.3) is 11.1 Å². The Hall–Kier alpha value is -3.32. The highest BCUT2D eigenvalue weighted by Crippen LogP contribution is 2.61. The van der Waals surface area contributed by atoms with Crippen molar-refractivity contribution in [2.45, 2.75) is 65.1 Å². The molecule has 40 heavy (non-hydrogen) atoms. The molecule has 1 saturated carbocycles. The zero-order chi connectivity index (χ0) is 28.3. The lowest BCUT2D eigenvalue weighted by atomic mass is 9.83. The number of piperidine rings is 1. The van der Waals surface area contributed by atoms with Gasteiger partial charge in [-0.05, 0) is 117 Å². The van der Waals surface area contributed by atoms with Gasteiger partial charge in [-0.2, -0.15) is 0 Å². The van der Waals surface area contributed by atoms with E-state index in [1.807, 2.05) is 26.0 Å². The van der Waals surface area contributed by atoms with Crippen LogP contribution in [0, 0.1) is 36.3 Å². The topological polar surface area (TPSA) is 62.7 Å². The Labute approximate surface area is 234 Å². The Bertz CT molecular complexity index is 1470. The molecule has 1 saturated heterocycles. The molecule has 3 aromatic rings. The van der Waals surface area contributed by atoms with E-state index in [0.29, 0.717) is 34.1 Å². The average molecular weight is 547 g/mol. The van der Waals surface area contributed by atoms with Gasteiger partial charge in [-0.1, -0.05) is 0 Å². The van der Waals surface area contributed by atoms with Gasteiger partial charge in [-0.3, -0.25) is 4.79 Å². The van der Waals surface area contributed by atoms with E-state index < -0.39 is 11.4 Å². The minimum Gasteiger partial charge on any atom is -0.473 e. The highest BCUT2D eigenvalue weighted by molar-refractivity contribution is 5.84. The number of carbonyl (C=O) groups excluding carboxylic acids is 1. The number of halogens is 2. The molecule has 3 aliphatic rings. The Morgan fingerprint density at radius 3 is 2.52 bits per heavy atom. The number of anilines is 1. The van der Waals surface area contributed by atoms with Crippen molar-refractivity contribution < 1.29 is 23.4 Å². The summed E-state index contributed by atoms with van der Waals surface area (Å²) in [4.78, 5) is 18.3. The van der Waals surface area contributed by atoms with Crippen LogP contribution in [0.15, 0.2) is 42.6 Å². The van der Waals surface area contributed by atoms with Crippen molar-refractivity contribution in [3.8, 4) is 17.0 Å². The molecule has 2 fully saturated rings. The van der Waals surface area contributed by atoms with E-state index in [9.17, 15) is 14.3 Å². The predicted octanol–water partition coefficient (Wildman–Crippen LogP) is 6.38. The van der Waals surface area contributed by atoms with Gasteiger partial charge in [0.2, 0.25) is 5.88 Å². The number of hydrogen-bond donors (Lipinski definition) is 1. The zero-order valence-corrected chi connectivity index (χ0v) is 23.5. The number of carbonyl (C=O) groups is 1. The number of ketones is 1. The van der Waals surface area contributed by atoms with Crippen molar-refractivity contribution in [1.82, 2.24) is 4.98 Å². The molecule has 1 N–H and O–H groups in total. The Balaban J connectivity index is 1.16. The minimum absolute atomic E-state index is 0.0241. The van der Waals surface area contributed by atoms with Crippen LogP contribution in [-0.2, 0) is 17.8 Å². The summed E-state index contributed by atoms with van der Waals surface area (Å²) in [6.45, 7) is 8.63. The number of aliphatic hydroxyl groups is 1. The number of rotatable bonds is 7. The number of hydrogen-bond acceptors (Lipinski definition) is 5. The average Bonchev–Trinajstić information content (AvgIpc) is 3.50. The fourth-order valence-corrected chi connectivity index (χ4v) is 6.94. The minimum atomic E-state index is -0.709. The molecule has 2 aromatic carbocycles. The molecular weight excluding hydrogens is 510 g/mol. The molecular formula is C33H36F2N2O3. The largest absolute Gasteiger partial charge is 0.473 e. The smallest absolute Gasteiger partial charge is 0.213 e. The first-order valence-corrected chi connectivity index (χ1v) is 14.2. The van der Waals surface area contributed by atoms with Gasteiger partial charge in [0.1, 0.15) is 24.0 Å². The predicted molar refractivity (Wildman–Crippen MR) is 150 cm³/mol. The highest BCUT2D eigenvalue weighted by atomic mass is 19.1. The maximum Gasteiger partial charge on any atom is 0.213 e. The Morgan fingerprint density at radius 2 is 1.85 bits per heavy atom. The number of aromatic nitrogens is 1. The summed E-state index contributed by atoms with van der Waals surface area (Å²) in [6.07, 6.45) is 4.34. The summed E-state index contributed by atoms with van der Waals surface area (Å²) in [5.74, 6) is 0.920. The van der Waals surface area contributed by atoms with Crippen LogP contribution < -0.4 is 9.64 Å². The lowest BCUT2D eigenvalue weighted by molar-refractivity contribution is -0.118. The second kappa shape index (κ2) is 9.95. The van der Waals surface area contributed by atoms with E-state index >= 15 is 4.39 Å². The van der Waals surface area contributed by atoms with Crippen LogP contribution in [0.3, 0.4) is 0 Å². The Morgan fingerprint density at radius 1 is 1.10 bits per heavy atom. The molecule has 0 spiro atoms. The third-order valence-electron chi connectivity index (χ3n) is 9.32. The molecule has 0 bridgehead atoms. The van der Waals surface area contributed by atoms with Gasteiger partial charge in [0.15, 0.2) is 0 Å². The van der Waals surface area contributed by atoms with Crippen molar-refractivity contribution in [2.24, 2.45) is 17.8 Å². The first kappa shape index (κ1) is 26.9. The number of nitrogens with zero attached hydrogens (tertiary/aromatic N) is 2. The van der Waals surface area contributed by atoms with Gasteiger partial charge in [0.05, 0.1) is 5.60 Å². The third-order valence-corrected chi connectivity index (χ3v) is 9.32. The number of ether oxygens (including phenoxy) is 1. The summed E-state index contributed by atoms with van der Waals surface area (Å²) >= 11 is 0. The van der Waals surface area contributed by atoms with Crippen LogP contribution in [-0.4, -0.2) is 34.6 Å². The van der Waals surface area contributed by atoms with Crippen LogP contribution in [0.4, 0.5) is 14.5 Å². The second-order valence-electron chi connectivity index (χ2n) is 12.4. The zero-order valence-electron chi connectivity index (χ0n) is 23.5. The molecule has 1 aromatic heterocycles. The SMILES string of the molecule is CC(=O)[C@H]1[C@@H]2Cc3cc(OCc4cc(-c5ccc(N6CCC(C(C)(C)O)CC6)cc5F)c(C)cc4F)ncc3[C@@H]21. The van der Waals surface area contributed by atoms with Gasteiger partial charge >= 0.3 is 0 Å². The second-order valence-corrected chi connectivity index (χ2v) is 12.4. The van der Waals surface area contributed by atoms with Crippen molar-refractivity contribution in [3.63, 3.8) is 0 Å². The molecule has 7 heteroatoms. The molecule has 6 rings (SSSR count). The van der Waals surface area contributed by atoms with Gasteiger partial charge in [0, 0.05) is 48.1 Å². The Kier molecular flexibility index (Phi) is 6.68. The third kappa shape index (κ3) is 4.89. The fraction of sp³-hybridized carbons (Fsp3) is 0.455. The lowest BCUT2D eigenvalue weighted by Gasteiger charge is -2.38. The van der Waals surface area contributed by atoms with Crippen LogP contribution in [0.5, 0.6) is 5.88 Å². The maximum atomic E-state index is 15.4. The molecule has 2 heterocycles. The van der Waals surface area contributed by atoms with Crippen LogP contribution >= 0.6 is 0 Å². The molecule has 3 atom stereocenters. The van der Waals surface area contributed by atoms with Gasteiger partial charge in [-0.25, -0.2) is 13.8 Å². The van der Waals surface area contributed by atoms with Crippen molar-refractivity contribution in [1.29, 1.82) is 0 Å². The first-order valence-electron chi connectivity index (χ1n) is 14.2. The fourth-order valence-electron chi connectivity index (χ4n) is 6.94. The summed E-state index contributed by atoms with van der Waals surface area (Å²) in [7, 11) is 0. The van der Waals surface area contributed by atoms with Crippen LogP contribution in [0.2, 0.25) is 0 Å². The van der Waals surface area contributed by atoms with Gasteiger partial charge in [-0.15, -0.1) is 0 Å². The van der Waals surface area contributed by atoms with Gasteiger partial charge < -0.3 is 14.7 Å². The molecule has 0 amide bonds. The van der Waals surface area contributed by atoms with E-state index in [-0.39, 0.29) is 36.0 Å². The van der Waals surface area contributed by atoms with Gasteiger partial charge in [0.25, 0.3) is 0 Å². The number of fused-ring (bicyclic) bond motifs is 3. The lowest BCUT2D eigenvalue weighted by Crippen LogP contribution is -2.41. The number of benzene rings is 2. The number of aryl methyl sites for hydroxylation is 1. The van der Waals surface area contributed by atoms with E-state index in [1.54, 1.807) is 38.2 Å². The molecule has 0 unspecified atom stereocenters. The van der Waals surface area contributed by atoms with Crippen molar-refractivity contribution in [3.05, 3.63) is 76.5 Å². The first-order chi connectivity index (χ1) is 19.0. The van der Waals surface area contributed by atoms with Crippen molar-refractivity contribution >= 4 is 11.5 Å². The summed E-state index contributed by atoms with van der Waals surface area (Å²) < 4.78 is 36.2. The maximum absolute atomic E-state index is 15.4. The molecule has 2 aliphatic carbocycles. The van der Waals surface area contributed by atoms with E-state index in [1.165, 1.54) is 6.07 Å². The quantitative estimate of drug-likeness (QED) is 0.373.